The van der Waals surface area contributed by atoms with Crippen LogP contribution < -0.4 is 5.69 Å². The number of nitrogens with zero attached hydrogens (tertiary/aromatic N) is 5. The summed E-state index contributed by atoms with van der Waals surface area (Å²) in [5.41, 5.74) is 1.17. The highest BCUT2D eigenvalue weighted by atomic mass is 16.5. The molecule has 0 fully saturated rings. The van der Waals surface area contributed by atoms with Gasteiger partial charge in [0.25, 0.3) is 0 Å². The second-order valence-corrected chi connectivity index (χ2v) is 5.64. The second-order valence-electron chi connectivity index (χ2n) is 5.64. The molecule has 1 amide bonds. The van der Waals surface area contributed by atoms with Crippen molar-refractivity contribution in [1.29, 1.82) is 0 Å². The topological polar surface area (TPSA) is 82.2 Å². The lowest BCUT2D eigenvalue weighted by Crippen LogP contribution is -2.39. The fourth-order valence-corrected chi connectivity index (χ4v) is 2.52. The summed E-state index contributed by atoms with van der Waals surface area (Å²) in [6, 6.07) is 9.02. The number of amides is 1. The number of ether oxygens (including phenoxy) is 1. The Morgan fingerprint density at radius 3 is 2.68 bits per heavy atom. The number of fused-ring (bicyclic) bond motifs is 1. The van der Waals surface area contributed by atoms with Crippen LogP contribution in [0.2, 0.25) is 0 Å². The first kappa shape index (κ1) is 16.8. The predicted octanol–water partition coefficient (Wildman–Crippen LogP) is 1.34. The van der Waals surface area contributed by atoms with Crippen molar-refractivity contribution in [1.82, 2.24) is 24.0 Å². The molecular weight excluding hydrogens is 322 g/mol. The standard InChI is InChI=1S/C17H19N5O3/c1-20(9-10-25-3)16(23)22-13-11-18-14(12-7-5-4-6-8-12)19-15(13)21(2)17(22)24/h4-8,11H,9-10H2,1-3H3. The van der Waals surface area contributed by atoms with Crippen molar-refractivity contribution < 1.29 is 9.53 Å². The molecular formula is C17H19N5O3. The smallest absolute Gasteiger partial charge is 0.338 e. The molecule has 0 spiro atoms. The second kappa shape index (κ2) is 6.86. The van der Waals surface area contributed by atoms with Gasteiger partial charge in [0.2, 0.25) is 0 Å². The van der Waals surface area contributed by atoms with Gasteiger partial charge >= 0.3 is 11.7 Å². The molecule has 0 aliphatic rings. The van der Waals surface area contributed by atoms with E-state index in [9.17, 15) is 9.59 Å². The van der Waals surface area contributed by atoms with Gasteiger partial charge in [0, 0.05) is 33.3 Å². The van der Waals surface area contributed by atoms with Crippen LogP contribution in [0.4, 0.5) is 4.79 Å². The van der Waals surface area contributed by atoms with E-state index in [2.05, 4.69) is 9.97 Å². The Hall–Kier alpha value is -3.00. The molecule has 8 nitrogen and oxygen atoms in total. The van der Waals surface area contributed by atoms with Gasteiger partial charge in [-0.15, -0.1) is 0 Å². The first-order valence-electron chi connectivity index (χ1n) is 7.79. The number of carbonyl (C=O) groups excluding carboxylic acids is 1. The summed E-state index contributed by atoms with van der Waals surface area (Å²) in [6.45, 7) is 0.761. The van der Waals surface area contributed by atoms with Crippen molar-refractivity contribution in [3.63, 3.8) is 0 Å². The van der Waals surface area contributed by atoms with E-state index in [0.29, 0.717) is 30.1 Å². The number of aryl methyl sites for hydroxylation is 1. The maximum Gasteiger partial charge on any atom is 0.338 e. The fourth-order valence-electron chi connectivity index (χ4n) is 2.52. The largest absolute Gasteiger partial charge is 0.383 e. The molecule has 2 heterocycles. The number of rotatable bonds is 4. The van der Waals surface area contributed by atoms with Crippen LogP contribution in [0.5, 0.6) is 0 Å². The van der Waals surface area contributed by atoms with Crippen LogP contribution in [0.25, 0.3) is 22.6 Å². The normalized spacial score (nSPS) is 11.0. The molecule has 0 saturated carbocycles. The van der Waals surface area contributed by atoms with Crippen molar-refractivity contribution in [3.8, 4) is 11.4 Å². The van der Waals surface area contributed by atoms with E-state index in [-0.39, 0.29) is 0 Å². The van der Waals surface area contributed by atoms with Crippen molar-refractivity contribution in [2.45, 2.75) is 0 Å². The average molecular weight is 341 g/mol. The molecule has 0 bridgehead atoms. The third kappa shape index (κ3) is 3.03. The SMILES string of the molecule is COCCN(C)C(=O)n1c(=O)n(C)c2nc(-c3ccccc3)ncc21. The van der Waals surface area contributed by atoms with Crippen molar-refractivity contribution in [2.75, 3.05) is 27.3 Å². The molecule has 0 unspecified atom stereocenters. The average Bonchev–Trinajstić information content (AvgIpc) is 2.90. The zero-order valence-corrected chi connectivity index (χ0v) is 14.3. The Labute approximate surface area is 144 Å². The van der Waals surface area contributed by atoms with Crippen molar-refractivity contribution >= 4 is 17.2 Å². The zero-order chi connectivity index (χ0) is 18.0. The van der Waals surface area contributed by atoms with Gasteiger partial charge in [-0.1, -0.05) is 30.3 Å². The summed E-state index contributed by atoms with van der Waals surface area (Å²) in [7, 11) is 4.76. The number of carbonyl (C=O) groups is 1. The summed E-state index contributed by atoms with van der Waals surface area (Å²) in [4.78, 5) is 35.4. The van der Waals surface area contributed by atoms with Gasteiger partial charge in [-0.2, -0.15) is 0 Å². The van der Waals surface area contributed by atoms with E-state index < -0.39 is 11.7 Å². The molecule has 1 aromatic carbocycles. The number of benzene rings is 1. The quantitative estimate of drug-likeness (QED) is 0.715. The van der Waals surface area contributed by atoms with Gasteiger partial charge in [-0.3, -0.25) is 4.57 Å². The lowest BCUT2D eigenvalue weighted by molar-refractivity contribution is 0.160. The number of likely N-dealkylation sites (N-methyl/N-ethyl adjacent to an activating group) is 1. The minimum atomic E-state index is -0.455. The Morgan fingerprint density at radius 2 is 2.00 bits per heavy atom. The number of hydrogen-bond donors (Lipinski definition) is 0. The van der Waals surface area contributed by atoms with Crippen LogP contribution in [-0.4, -0.2) is 57.3 Å². The maximum atomic E-state index is 12.6. The third-order valence-electron chi connectivity index (χ3n) is 3.97. The number of aromatic nitrogens is 4. The van der Waals surface area contributed by atoms with Gasteiger partial charge in [0.05, 0.1) is 12.8 Å². The van der Waals surface area contributed by atoms with E-state index in [1.54, 1.807) is 21.2 Å². The van der Waals surface area contributed by atoms with Gasteiger partial charge in [0.15, 0.2) is 11.5 Å². The van der Waals surface area contributed by atoms with Crippen LogP contribution in [0.1, 0.15) is 0 Å². The minimum Gasteiger partial charge on any atom is -0.383 e. The number of methoxy groups -OCH3 is 1. The molecule has 0 atom stereocenters. The highest BCUT2D eigenvalue weighted by Crippen LogP contribution is 2.17. The molecule has 2 aromatic heterocycles. The number of hydrogen-bond acceptors (Lipinski definition) is 5. The first-order valence-corrected chi connectivity index (χ1v) is 7.79. The van der Waals surface area contributed by atoms with E-state index in [1.165, 1.54) is 15.7 Å². The Balaban J connectivity index is 2.08. The van der Waals surface area contributed by atoms with Crippen LogP contribution >= 0.6 is 0 Å². The molecule has 0 aliphatic heterocycles. The molecule has 25 heavy (non-hydrogen) atoms. The van der Waals surface area contributed by atoms with Gasteiger partial charge in [-0.05, 0) is 0 Å². The molecule has 0 N–H and O–H groups in total. The van der Waals surface area contributed by atoms with E-state index >= 15 is 0 Å². The minimum absolute atomic E-state index is 0.376. The van der Waals surface area contributed by atoms with Crippen LogP contribution in [0, 0.1) is 0 Å². The lowest BCUT2D eigenvalue weighted by atomic mass is 10.2. The fraction of sp³-hybridized carbons (Fsp3) is 0.294. The highest BCUT2D eigenvalue weighted by molar-refractivity contribution is 5.88. The van der Waals surface area contributed by atoms with E-state index in [1.807, 2.05) is 30.3 Å². The van der Waals surface area contributed by atoms with E-state index in [0.717, 1.165) is 10.1 Å². The molecule has 0 aliphatic carbocycles. The monoisotopic (exact) mass is 341 g/mol. The Morgan fingerprint density at radius 1 is 1.28 bits per heavy atom. The summed E-state index contributed by atoms with van der Waals surface area (Å²) in [5, 5.41) is 0. The maximum absolute atomic E-state index is 12.6. The molecule has 130 valence electrons. The summed E-state index contributed by atoms with van der Waals surface area (Å²) in [6.07, 6.45) is 1.51. The Bertz CT molecular complexity index is 962. The molecule has 3 rings (SSSR count). The summed E-state index contributed by atoms with van der Waals surface area (Å²) < 4.78 is 7.41. The zero-order valence-electron chi connectivity index (χ0n) is 14.3. The molecule has 8 heteroatoms. The predicted molar refractivity (Wildman–Crippen MR) is 93.5 cm³/mol. The summed E-state index contributed by atoms with van der Waals surface area (Å²) in [5.74, 6) is 0.501. The Kier molecular flexibility index (Phi) is 4.62. The molecule has 0 radical (unpaired) electrons. The van der Waals surface area contributed by atoms with Gasteiger partial charge < -0.3 is 9.64 Å². The first-order chi connectivity index (χ1) is 12.0. The lowest BCUT2D eigenvalue weighted by Gasteiger charge is -2.16. The summed E-state index contributed by atoms with van der Waals surface area (Å²) >= 11 is 0. The molecule has 3 aromatic rings. The third-order valence-corrected chi connectivity index (χ3v) is 3.97. The van der Waals surface area contributed by atoms with Crippen LogP contribution in [0.3, 0.4) is 0 Å². The highest BCUT2D eigenvalue weighted by Gasteiger charge is 2.21. The van der Waals surface area contributed by atoms with Gasteiger partial charge in [-0.25, -0.2) is 24.1 Å². The number of imidazole rings is 1. The van der Waals surface area contributed by atoms with Crippen LogP contribution in [-0.2, 0) is 11.8 Å². The van der Waals surface area contributed by atoms with Crippen molar-refractivity contribution in [2.24, 2.45) is 7.05 Å². The van der Waals surface area contributed by atoms with Crippen molar-refractivity contribution in [3.05, 3.63) is 47.0 Å². The van der Waals surface area contributed by atoms with Gasteiger partial charge in [0.1, 0.15) is 5.52 Å². The van der Waals surface area contributed by atoms with Crippen LogP contribution in [0.15, 0.2) is 41.3 Å². The van der Waals surface area contributed by atoms with E-state index in [4.69, 9.17) is 4.74 Å². The molecule has 0 saturated heterocycles.